The number of hydrogen-bond donors (Lipinski definition) is 1. The summed E-state index contributed by atoms with van der Waals surface area (Å²) in [5, 5.41) is 3.33. The number of ether oxygens (including phenoxy) is 2. The van der Waals surface area contributed by atoms with Gasteiger partial charge in [0.1, 0.15) is 23.8 Å². The standard InChI is InChI=1S/C25H22N2O3S/c1-27-24(28)22(26-25(27)31)15-17-8-13-23(29-2)20(14-17)16-30-21-11-9-19(10-12-21)18-6-4-3-5-7-18/h3-15H,16H2,1-2H3,(H,26,31)/b22-15+. The summed E-state index contributed by atoms with van der Waals surface area (Å²) in [5.74, 6) is 1.34. The average molecular weight is 431 g/mol. The Morgan fingerprint density at radius 2 is 1.71 bits per heavy atom. The number of benzene rings is 3. The molecule has 0 spiro atoms. The molecule has 3 aromatic carbocycles. The van der Waals surface area contributed by atoms with Crippen LogP contribution in [0.4, 0.5) is 0 Å². The van der Waals surface area contributed by atoms with Gasteiger partial charge < -0.3 is 14.8 Å². The van der Waals surface area contributed by atoms with Gasteiger partial charge in [-0.1, -0.05) is 48.5 Å². The molecule has 1 heterocycles. The molecule has 156 valence electrons. The van der Waals surface area contributed by atoms with Crippen LogP contribution in [0.25, 0.3) is 17.2 Å². The molecule has 0 saturated carbocycles. The lowest BCUT2D eigenvalue weighted by Crippen LogP contribution is -2.25. The Labute approximate surface area is 186 Å². The van der Waals surface area contributed by atoms with Gasteiger partial charge in [0.25, 0.3) is 5.91 Å². The van der Waals surface area contributed by atoms with Crippen molar-refractivity contribution in [3.05, 3.63) is 89.6 Å². The van der Waals surface area contributed by atoms with Crippen molar-refractivity contribution in [2.24, 2.45) is 0 Å². The number of carbonyl (C=O) groups excluding carboxylic acids is 1. The lowest BCUT2D eigenvalue weighted by atomic mass is 10.1. The average Bonchev–Trinajstić information content (AvgIpc) is 3.05. The summed E-state index contributed by atoms with van der Waals surface area (Å²) in [6.07, 6.45) is 1.77. The molecule has 6 heteroatoms. The molecule has 1 amide bonds. The molecule has 1 fully saturated rings. The number of rotatable bonds is 6. The molecule has 4 rings (SSSR count). The second-order valence-corrected chi connectivity index (χ2v) is 7.49. The quantitative estimate of drug-likeness (QED) is 0.457. The Hall–Kier alpha value is -3.64. The lowest BCUT2D eigenvalue weighted by Gasteiger charge is -2.12. The molecule has 5 nitrogen and oxygen atoms in total. The van der Waals surface area contributed by atoms with E-state index in [2.05, 4.69) is 17.4 Å². The van der Waals surface area contributed by atoms with Crippen molar-refractivity contribution in [2.75, 3.05) is 14.2 Å². The van der Waals surface area contributed by atoms with E-state index in [0.717, 1.165) is 33.8 Å². The molecule has 0 aromatic heterocycles. The Kier molecular flexibility index (Phi) is 6.00. The third kappa shape index (κ3) is 4.59. The van der Waals surface area contributed by atoms with E-state index in [1.807, 2.05) is 60.7 Å². The molecule has 1 aliphatic rings. The number of nitrogens with one attached hydrogen (secondary N) is 1. The van der Waals surface area contributed by atoms with E-state index >= 15 is 0 Å². The molecule has 31 heavy (non-hydrogen) atoms. The first kappa shape index (κ1) is 20.6. The van der Waals surface area contributed by atoms with E-state index in [-0.39, 0.29) is 5.91 Å². The fraction of sp³-hybridized carbons (Fsp3) is 0.120. The van der Waals surface area contributed by atoms with E-state index in [9.17, 15) is 4.79 Å². The van der Waals surface area contributed by atoms with E-state index in [0.29, 0.717) is 17.4 Å². The number of nitrogens with zero attached hydrogens (tertiary/aromatic N) is 1. The van der Waals surface area contributed by atoms with Gasteiger partial charge in [-0.2, -0.15) is 0 Å². The number of methoxy groups -OCH3 is 1. The van der Waals surface area contributed by atoms with Crippen LogP contribution in [0.5, 0.6) is 11.5 Å². The minimum absolute atomic E-state index is 0.155. The summed E-state index contributed by atoms with van der Waals surface area (Å²) in [4.78, 5) is 13.6. The van der Waals surface area contributed by atoms with Crippen LogP contribution in [0.2, 0.25) is 0 Å². The molecule has 1 N–H and O–H groups in total. The van der Waals surface area contributed by atoms with Crippen LogP contribution < -0.4 is 14.8 Å². The summed E-state index contributed by atoms with van der Waals surface area (Å²) < 4.78 is 11.5. The van der Waals surface area contributed by atoms with Crippen molar-refractivity contribution in [1.29, 1.82) is 0 Å². The van der Waals surface area contributed by atoms with E-state index in [1.54, 1.807) is 20.2 Å². The largest absolute Gasteiger partial charge is 0.496 e. The second-order valence-electron chi connectivity index (χ2n) is 7.10. The number of carbonyl (C=O) groups is 1. The molecule has 1 saturated heterocycles. The first-order valence-electron chi connectivity index (χ1n) is 9.81. The number of amides is 1. The van der Waals surface area contributed by atoms with Crippen molar-refractivity contribution in [2.45, 2.75) is 6.61 Å². The summed E-state index contributed by atoms with van der Waals surface area (Å²) in [6, 6.07) is 23.9. The first-order chi connectivity index (χ1) is 15.0. The van der Waals surface area contributed by atoms with Crippen molar-refractivity contribution in [3.8, 4) is 22.6 Å². The van der Waals surface area contributed by atoms with Crippen LogP contribution in [0, 0.1) is 0 Å². The normalized spacial score (nSPS) is 14.6. The minimum atomic E-state index is -0.155. The third-order valence-corrected chi connectivity index (χ3v) is 5.43. The Morgan fingerprint density at radius 1 is 1.00 bits per heavy atom. The van der Waals surface area contributed by atoms with Gasteiger partial charge in [0.05, 0.1) is 7.11 Å². The van der Waals surface area contributed by atoms with Gasteiger partial charge in [-0.3, -0.25) is 9.69 Å². The Bertz CT molecular complexity index is 1140. The van der Waals surface area contributed by atoms with Gasteiger partial charge in [-0.15, -0.1) is 0 Å². The van der Waals surface area contributed by atoms with Crippen LogP contribution in [-0.2, 0) is 11.4 Å². The van der Waals surface area contributed by atoms with Gasteiger partial charge in [0.2, 0.25) is 0 Å². The number of likely N-dealkylation sites (N-methyl/N-ethyl adjacent to an activating group) is 1. The third-order valence-electron chi connectivity index (χ3n) is 5.05. The molecule has 3 aromatic rings. The highest BCUT2D eigenvalue weighted by molar-refractivity contribution is 7.80. The smallest absolute Gasteiger partial charge is 0.276 e. The molecule has 0 aliphatic carbocycles. The molecule has 0 atom stereocenters. The summed E-state index contributed by atoms with van der Waals surface area (Å²) >= 11 is 5.13. The maximum absolute atomic E-state index is 12.2. The van der Waals surface area contributed by atoms with E-state index in [1.165, 1.54) is 4.90 Å². The summed E-state index contributed by atoms with van der Waals surface area (Å²) in [5.41, 5.74) is 4.48. The molecule has 0 bridgehead atoms. The SMILES string of the molecule is COc1ccc(/C=C2/NC(=S)N(C)C2=O)cc1COc1ccc(-c2ccccc2)cc1. The van der Waals surface area contributed by atoms with E-state index in [4.69, 9.17) is 21.7 Å². The predicted octanol–water partition coefficient (Wildman–Crippen LogP) is 4.63. The summed E-state index contributed by atoms with van der Waals surface area (Å²) in [7, 11) is 3.27. The maximum atomic E-state index is 12.2. The number of thiocarbonyl (C=S) groups is 1. The lowest BCUT2D eigenvalue weighted by molar-refractivity contribution is -0.121. The fourth-order valence-corrected chi connectivity index (χ4v) is 3.52. The fourth-order valence-electron chi connectivity index (χ4n) is 3.33. The zero-order chi connectivity index (χ0) is 21.8. The van der Waals surface area contributed by atoms with Crippen molar-refractivity contribution < 1.29 is 14.3 Å². The predicted molar refractivity (Wildman–Crippen MR) is 126 cm³/mol. The van der Waals surface area contributed by atoms with Gasteiger partial charge in [-0.25, -0.2) is 0 Å². The highest BCUT2D eigenvalue weighted by Gasteiger charge is 2.26. The van der Waals surface area contributed by atoms with Crippen LogP contribution in [-0.4, -0.2) is 30.1 Å². The molecule has 1 aliphatic heterocycles. The van der Waals surface area contributed by atoms with Crippen LogP contribution in [0.15, 0.2) is 78.5 Å². The van der Waals surface area contributed by atoms with Gasteiger partial charge in [-0.05, 0) is 59.2 Å². The molecule has 0 radical (unpaired) electrons. The van der Waals surface area contributed by atoms with Gasteiger partial charge in [0.15, 0.2) is 5.11 Å². The Morgan fingerprint density at radius 3 is 2.35 bits per heavy atom. The molecular weight excluding hydrogens is 408 g/mol. The molecule has 0 unspecified atom stereocenters. The Balaban J connectivity index is 1.50. The first-order valence-corrected chi connectivity index (χ1v) is 10.2. The van der Waals surface area contributed by atoms with Crippen molar-refractivity contribution in [1.82, 2.24) is 10.2 Å². The van der Waals surface area contributed by atoms with Crippen molar-refractivity contribution >= 4 is 29.3 Å². The monoisotopic (exact) mass is 430 g/mol. The topological polar surface area (TPSA) is 50.8 Å². The second kappa shape index (κ2) is 9.02. The number of hydrogen-bond acceptors (Lipinski definition) is 4. The molecular formula is C25H22N2O3S. The maximum Gasteiger partial charge on any atom is 0.276 e. The van der Waals surface area contributed by atoms with Gasteiger partial charge in [0, 0.05) is 12.6 Å². The zero-order valence-electron chi connectivity index (χ0n) is 17.3. The van der Waals surface area contributed by atoms with Gasteiger partial charge >= 0.3 is 0 Å². The van der Waals surface area contributed by atoms with Crippen LogP contribution in [0.3, 0.4) is 0 Å². The minimum Gasteiger partial charge on any atom is -0.496 e. The summed E-state index contributed by atoms with van der Waals surface area (Å²) in [6.45, 7) is 0.338. The highest BCUT2D eigenvalue weighted by Crippen LogP contribution is 2.26. The van der Waals surface area contributed by atoms with E-state index < -0.39 is 0 Å². The zero-order valence-corrected chi connectivity index (χ0v) is 18.1. The van der Waals surface area contributed by atoms with Crippen LogP contribution in [0.1, 0.15) is 11.1 Å². The van der Waals surface area contributed by atoms with Crippen LogP contribution >= 0.6 is 12.2 Å². The van der Waals surface area contributed by atoms with Crippen molar-refractivity contribution in [3.63, 3.8) is 0 Å². The highest BCUT2D eigenvalue weighted by atomic mass is 32.1.